The highest BCUT2D eigenvalue weighted by atomic mass is 32.1. The zero-order valence-corrected chi connectivity index (χ0v) is 27.8. The minimum atomic E-state index is -0.364. The van der Waals surface area contributed by atoms with Gasteiger partial charge >= 0.3 is 0 Å². The van der Waals surface area contributed by atoms with E-state index in [0.29, 0.717) is 0 Å². The fraction of sp³-hybridized carbons (Fsp3) is 0.182. The molecule has 47 heavy (non-hydrogen) atoms. The lowest BCUT2D eigenvalue weighted by Crippen LogP contribution is -2.29. The van der Waals surface area contributed by atoms with Gasteiger partial charge in [0.1, 0.15) is 23.0 Å². The number of aryl methyl sites for hydroxylation is 1. The zero-order valence-electron chi connectivity index (χ0n) is 27.0. The molecular weight excluding hydrogens is 593 g/mol. The third-order valence-corrected chi connectivity index (χ3v) is 12.0. The van der Waals surface area contributed by atoms with Crippen molar-refractivity contribution in [1.82, 2.24) is 0 Å². The number of unbranched alkanes of at least 4 members (excludes halogenated alkanes) is 1. The first kappa shape index (κ1) is 28.4. The summed E-state index contributed by atoms with van der Waals surface area (Å²) in [6.45, 7) is 7.03. The van der Waals surface area contributed by atoms with Gasteiger partial charge in [0.25, 0.3) is 0 Å². The summed E-state index contributed by atoms with van der Waals surface area (Å²) in [4.78, 5) is 0. The largest absolute Gasteiger partial charge is 0.457 e. The molecule has 1 aromatic heterocycles. The molecule has 0 aliphatic carbocycles. The molecule has 0 fully saturated rings. The minimum Gasteiger partial charge on any atom is -0.457 e. The third kappa shape index (κ3) is 4.09. The van der Waals surface area contributed by atoms with Gasteiger partial charge in [-0.1, -0.05) is 98.3 Å². The van der Waals surface area contributed by atoms with Crippen LogP contribution in [0.1, 0.15) is 72.6 Å². The summed E-state index contributed by atoms with van der Waals surface area (Å²) in [5.41, 5.74) is 8.13. The Kier molecular flexibility index (Phi) is 6.39. The van der Waals surface area contributed by atoms with Gasteiger partial charge in [-0.15, -0.1) is 11.3 Å². The van der Waals surface area contributed by atoms with Gasteiger partial charge < -0.3 is 9.47 Å². The number of hydrogen-bond acceptors (Lipinski definition) is 3. The second kappa shape index (κ2) is 10.6. The molecule has 0 saturated heterocycles. The van der Waals surface area contributed by atoms with Gasteiger partial charge in [-0.05, 0) is 85.8 Å². The lowest BCUT2D eigenvalue weighted by molar-refractivity contribution is 0.427. The van der Waals surface area contributed by atoms with Gasteiger partial charge in [-0.25, -0.2) is 0 Å². The third-order valence-electron chi connectivity index (χ3n) is 10.7. The smallest absolute Gasteiger partial charge is 0.131 e. The van der Waals surface area contributed by atoms with Crippen LogP contribution >= 0.6 is 11.3 Å². The average molecular weight is 629 g/mol. The van der Waals surface area contributed by atoms with E-state index in [0.717, 1.165) is 42.3 Å². The van der Waals surface area contributed by atoms with Gasteiger partial charge in [-0.3, -0.25) is 0 Å². The molecule has 0 atom stereocenters. The van der Waals surface area contributed by atoms with Crippen LogP contribution in [0.5, 0.6) is 23.0 Å². The number of fused-ring (bicyclic) bond motifs is 7. The van der Waals surface area contributed by atoms with Crippen molar-refractivity contribution < 1.29 is 9.47 Å². The van der Waals surface area contributed by atoms with Crippen molar-refractivity contribution in [2.75, 3.05) is 0 Å². The number of para-hydroxylation sites is 4. The molecule has 2 nitrogen and oxygen atoms in total. The number of hydrogen-bond donors (Lipinski definition) is 0. The molecule has 2 aliphatic rings. The highest BCUT2D eigenvalue weighted by Gasteiger charge is 2.41. The molecule has 2 aliphatic heterocycles. The predicted molar refractivity (Wildman–Crippen MR) is 195 cm³/mol. The molecule has 0 amide bonds. The number of ether oxygens (including phenoxy) is 2. The van der Waals surface area contributed by atoms with Crippen molar-refractivity contribution >= 4 is 31.5 Å². The molecule has 0 N–H and O–H groups in total. The van der Waals surface area contributed by atoms with Crippen molar-refractivity contribution in [3.05, 3.63) is 166 Å². The Balaban J connectivity index is 1.32. The summed E-state index contributed by atoms with van der Waals surface area (Å²) in [5.74, 6) is 3.73. The van der Waals surface area contributed by atoms with E-state index in [2.05, 4.69) is 148 Å². The van der Waals surface area contributed by atoms with Gasteiger partial charge in [0, 0.05) is 53.3 Å². The van der Waals surface area contributed by atoms with Crippen molar-refractivity contribution in [3.63, 3.8) is 0 Å². The number of thiophene rings is 1. The fourth-order valence-corrected chi connectivity index (χ4v) is 9.33. The first-order valence-electron chi connectivity index (χ1n) is 16.7. The average Bonchev–Trinajstić information content (AvgIpc) is 3.49. The maximum absolute atomic E-state index is 6.48. The standard InChI is InChI=1S/C44H36O2S/c1-4-5-14-28-25-30(44(3)35-17-8-12-21-39(35)46-40-22-13-9-18-36(40)44)27-32-31-26-29(23-24-41(31)47-42(28)32)43(2)33-15-6-10-19-37(33)45-38-20-11-7-16-34(38)43/h6-13,15-27H,4-5,14H2,1-3H3. The monoisotopic (exact) mass is 628 g/mol. The van der Waals surface area contributed by atoms with Gasteiger partial charge in [0.2, 0.25) is 0 Å². The van der Waals surface area contributed by atoms with E-state index in [4.69, 9.17) is 9.47 Å². The molecule has 6 aromatic carbocycles. The van der Waals surface area contributed by atoms with Gasteiger partial charge in [0.15, 0.2) is 0 Å². The Labute approximate surface area is 280 Å². The van der Waals surface area contributed by atoms with Crippen LogP contribution < -0.4 is 9.47 Å². The molecule has 9 rings (SSSR count). The van der Waals surface area contributed by atoms with Crippen molar-refractivity contribution in [2.45, 2.75) is 50.9 Å². The van der Waals surface area contributed by atoms with E-state index in [1.54, 1.807) is 0 Å². The van der Waals surface area contributed by atoms with Crippen LogP contribution in [-0.4, -0.2) is 0 Å². The summed E-state index contributed by atoms with van der Waals surface area (Å²) < 4.78 is 15.6. The first-order chi connectivity index (χ1) is 23.0. The van der Waals surface area contributed by atoms with Gasteiger partial charge in [0.05, 0.1) is 0 Å². The van der Waals surface area contributed by atoms with Crippen LogP contribution in [0.3, 0.4) is 0 Å². The highest BCUT2D eigenvalue weighted by molar-refractivity contribution is 7.26. The quantitative estimate of drug-likeness (QED) is 0.189. The summed E-state index contributed by atoms with van der Waals surface area (Å²) >= 11 is 1.94. The topological polar surface area (TPSA) is 18.5 Å². The zero-order chi connectivity index (χ0) is 31.8. The molecule has 230 valence electrons. The van der Waals surface area contributed by atoms with E-state index >= 15 is 0 Å². The molecule has 3 heteroatoms. The molecule has 0 radical (unpaired) electrons. The minimum absolute atomic E-state index is 0.360. The summed E-state index contributed by atoms with van der Waals surface area (Å²) in [7, 11) is 0. The molecule has 0 bridgehead atoms. The SMILES string of the molecule is CCCCc1cc(C2(C)c3ccccc3Oc3ccccc32)cc2c1sc1ccc(C3(C)c4ccccc4Oc4ccccc43)cc12. The molecule has 7 aromatic rings. The predicted octanol–water partition coefficient (Wildman–Crippen LogP) is 12.3. The van der Waals surface area contributed by atoms with E-state index in [1.165, 1.54) is 59.1 Å². The maximum Gasteiger partial charge on any atom is 0.131 e. The van der Waals surface area contributed by atoms with Crippen LogP contribution in [0.15, 0.2) is 127 Å². The molecular formula is C44H36O2S. The highest BCUT2D eigenvalue weighted by Crippen LogP contribution is 2.54. The summed E-state index contributed by atoms with van der Waals surface area (Å²) in [6.07, 6.45) is 3.39. The maximum atomic E-state index is 6.48. The Hall–Kier alpha value is -4.86. The Morgan fingerprint density at radius 2 is 1.00 bits per heavy atom. The Morgan fingerprint density at radius 3 is 1.51 bits per heavy atom. The van der Waals surface area contributed by atoms with E-state index < -0.39 is 0 Å². The lowest BCUT2D eigenvalue weighted by atomic mass is 9.68. The second-order valence-electron chi connectivity index (χ2n) is 13.4. The van der Waals surface area contributed by atoms with Crippen molar-refractivity contribution in [2.24, 2.45) is 0 Å². The van der Waals surface area contributed by atoms with Crippen molar-refractivity contribution in [1.29, 1.82) is 0 Å². The number of rotatable bonds is 5. The lowest BCUT2D eigenvalue weighted by Gasteiger charge is -2.38. The van der Waals surface area contributed by atoms with Crippen LogP contribution in [0.4, 0.5) is 0 Å². The molecule has 0 saturated carbocycles. The van der Waals surface area contributed by atoms with E-state index in [1.807, 2.05) is 11.3 Å². The van der Waals surface area contributed by atoms with Crippen LogP contribution in [-0.2, 0) is 17.3 Å². The fourth-order valence-electron chi connectivity index (χ4n) is 8.13. The summed E-state index contributed by atoms with van der Waals surface area (Å²) in [6, 6.07) is 46.3. The molecule has 0 spiro atoms. The Bertz CT molecular complexity index is 2250. The van der Waals surface area contributed by atoms with Crippen LogP contribution in [0.2, 0.25) is 0 Å². The second-order valence-corrected chi connectivity index (χ2v) is 14.4. The number of benzene rings is 6. The first-order valence-corrected chi connectivity index (χ1v) is 17.6. The Morgan fingerprint density at radius 1 is 0.532 bits per heavy atom. The molecule has 0 unspecified atom stereocenters. The summed E-state index contributed by atoms with van der Waals surface area (Å²) in [5, 5.41) is 2.66. The van der Waals surface area contributed by atoms with Crippen LogP contribution in [0, 0.1) is 0 Å². The van der Waals surface area contributed by atoms with E-state index in [-0.39, 0.29) is 10.8 Å². The van der Waals surface area contributed by atoms with E-state index in [9.17, 15) is 0 Å². The molecule has 3 heterocycles. The normalized spacial score (nSPS) is 15.2. The van der Waals surface area contributed by atoms with Gasteiger partial charge in [-0.2, -0.15) is 0 Å². The van der Waals surface area contributed by atoms with Crippen molar-refractivity contribution in [3.8, 4) is 23.0 Å². The van der Waals surface area contributed by atoms with Crippen LogP contribution in [0.25, 0.3) is 20.2 Å².